The fraction of sp³-hybridized carbons (Fsp3) is 0.950. The van der Waals surface area contributed by atoms with E-state index in [2.05, 4.69) is 34.4 Å². The highest BCUT2D eigenvalue weighted by Gasteiger charge is 2.22. The highest BCUT2D eigenvalue weighted by molar-refractivity contribution is 14.0. The van der Waals surface area contributed by atoms with Gasteiger partial charge in [-0.3, -0.25) is 9.89 Å². The molecule has 0 saturated carbocycles. The highest BCUT2D eigenvalue weighted by Crippen LogP contribution is 2.18. The number of guanidine groups is 1. The molecule has 0 aromatic heterocycles. The quantitative estimate of drug-likeness (QED) is 0.223. The lowest BCUT2D eigenvalue weighted by Crippen LogP contribution is -2.50. The second-order valence-electron chi connectivity index (χ2n) is 7.80. The van der Waals surface area contributed by atoms with Gasteiger partial charge in [-0.05, 0) is 58.4 Å². The minimum Gasteiger partial charge on any atom is -0.381 e. The van der Waals surface area contributed by atoms with E-state index in [1.807, 2.05) is 7.05 Å². The molecule has 0 aromatic carbocycles. The average molecular weight is 496 g/mol. The summed E-state index contributed by atoms with van der Waals surface area (Å²) in [4.78, 5) is 6.96. The molecule has 2 N–H and O–H groups in total. The van der Waals surface area contributed by atoms with E-state index in [-0.39, 0.29) is 24.0 Å². The van der Waals surface area contributed by atoms with E-state index in [1.54, 1.807) is 0 Å². The summed E-state index contributed by atoms with van der Waals surface area (Å²) in [7, 11) is 1.84. The molecule has 2 heterocycles. The van der Waals surface area contributed by atoms with Crippen molar-refractivity contribution in [3.8, 4) is 0 Å². The molecule has 160 valence electrons. The Morgan fingerprint density at radius 3 is 2.70 bits per heavy atom. The topological polar surface area (TPSA) is 58.1 Å². The third-order valence-electron chi connectivity index (χ3n) is 5.66. The van der Waals surface area contributed by atoms with E-state index in [0.29, 0.717) is 18.0 Å². The van der Waals surface area contributed by atoms with Crippen LogP contribution in [0.3, 0.4) is 0 Å². The molecule has 7 heteroatoms. The zero-order valence-corrected chi connectivity index (χ0v) is 19.9. The van der Waals surface area contributed by atoms with Crippen molar-refractivity contribution in [3.05, 3.63) is 0 Å². The van der Waals surface area contributed by atoms with Gasteiger partial charge < -0.3 is 20.1 Å². The smallest absolute Gasteiger partial charge is 0.191 e. The Labute approximate surface area is 183 Å². The zero-order chi connectivity index (χ0) is 18.6. The maximum atomic E-state index is 5.82. The molecule has 2 aliphatic heterocycles. The van der Waals surface area contributed by atoms with Crippen molar-refractivity contribution in [2.24, 2.45) is 10.9 Å². The summed E-state index contributed by atoms with van der Waals surface area (Å²) in [6, 6.07) is 1.23. The van der Waals surface area contributed by atoms with Crippen LogP contribution in [-0.4, -0.2) is 76.1 Å². The number of hydrogen-bond donors (Lipinski definition) is 2. The lowest BCUT2D eigenvalue weighted by molar-refractivity contribution is 0.0203. The van der Waals surface area contributed by atoms with E-state index in [4.69, 9.17) is 9.47 Å². The lowest BCUT2D eigenvalue weighted by atomic mass is 10.0. The van der Waals surface area contributed by atoms with Gasteiger partial charge in [-0.15, -0.1) is 24.0 Å². The van der Waals surface area contributed by atoms with Gasteiger partial charge in [0.25, 0.3) is 0 Å². The van der Waals surface area contributed by atoms with Crippen molar-refractivity contribution in [1.29, 1.82) is 0 Å². The lowest BCUT2D eigenvalue weighted by Gasteiger charge is -2.38. The van der Waals surface area contributed by atoms with E-state index in [0.717, 1.165) is 64.7 Å². The Morgan fingerprint density at radius 2 is 2.00 bits per heavy atom. The second-order valence-corrected chi connectivity index (χ2v) is 7.80. The van der Waals surface area contributed by atoms with Crippen LogP contribution in [0.5, 0.6) is 0 Å². The van der Waals surface area contributed by atoms with Crippen LogP contribution in [0.25, 0.3) is 0 Å². The van der Waals surface area contributed by atoms with Crippen molar-refractivity contribution in [2.45, 2.75) is 64.5 Å². The molecule has 0 amide bonds. The fourth-order valence-electron chi connectivity index (χ4n) is 3.90. The third kappa shape index (κ3) is 9.76. The molecule has 2 saturated heterocycles. The van der Waals surface area contributed by atoms with Crippen molar-refractivity contribution >= 4 is 29.9 Å². The number of halogens is 1. The summed E-state index contributed by atoms with van der Waals surface area (Å²) in [5, 5.41) is 6.87. The molecule has 0 aromatic rings. The van der Waals surface area contributed by atoms with E-state index >= 15 is 0 Å². The molecule has 27 heavy (non-hydrogen) atoms. The predicted molar refractivity (Wildman–Crippen MR) is 123 cm³/mol. The number of nitrogens with zero attached hydrogens (tertiary/aromatic N) is 2. The minimum atomic E-state index is 0. The molecule has 2 atom stereocenters. The van der Waals surface area contributed by atoms with Crippen molar-refractivity contribution in [2.75, 3.05) is 53.1 Å². The number of hydrogen-bond acceptors (Lipinski definition) is 4. The number of nitrogens with one attached hydrogen (secondary N) is 2. The van der Waals surface area contributed by atoms with Crippen molar-refractivity contribution < 1.29 is 9.47 Å². The molecule has 0 radical (unpaired) electrons. The Balaban J connectivity index is 0.00000364. The molecule has 2 unspecified atom stereocenters. The monoisotopic (exact) mass is 496 g/mol. The fourth-order valence-corrected chi connectivity index (χ4v) is 3.90. The third-order valence-corrected chi connectivity index (χ3v) is 5.66. The maximum absolute atomic E-state index is 5.82. The summed E-state index contributed by atoms with van der Waals surface area (Å²) >= 11 is 0. The van der Waals surface area contributed by atoms with Crippen LogP contribution in [-0.2, 0) is 9.47 Å². The first-order valence-electron chi connectivity index (χ1n) is 10.6. The summed E-state index contributed by atoms with van der Waals surface area (Å²) in [6.07, 6.45) is 7.31. The van der Waals surface area contributed by atoms with Crippen LogP contribution in [0.15, 0.2) is 4.99 Å². The van der Waals surface area contributed by atoms with Gasteiger partial charge in [-0.2, -0.15) is 0 Å². The van der Waals surface area contributed by atoms with Gasteiger partial charge >= 0.3 is 0 Å². The van der Waals surface area contributed by atoms with Crippen LogP contribution in [0.2, 0.25) is 0 Å². The zero-order valence-electron chi connectivity index (χ0n) is 17.5. The van der Waals surface area contributed by atoms with Gasteiger partial charge in [0.2, 0.25) is 0 Å². The number of ether oxygens (including phenoxy) is 2. The molecule has 0 bridgehead atoms. The van der Waals surface area contributed by atoms with Gasteiger partial charge in [0.05, 0.1) is 0 Å². The molecule has 2 fully saturated rings. The SMILES string of the molecule is CN=C(NCCCOCC1CCOCC1)NCC(C)N1CCCCC1C.I. The number of likely N-dealkylation sites (tertiary alicyclic amines) is 1. The van der Waals surface area contributed by atoms with Crippen LogP contribution >= 0.6 is 24.0 Å². The largest absolute Gasteiger partial charge is 0.381 e. The minimum absolute atomic E-state index is 0. The Morgan fingerprint density at radius 1 is 1.22 bits per heavy atom. The molecule has 2 aliphatic rings. The number of aliphatic imine (C=N–C) groups is 1. The molecular formula is C20H41IN4O2. The van der Waals surface area contributed by atoms with Gasteiger partial charge in [0.15, 0.2) is 5.96 Å². The van der Waals surface area contributed by atoms with E-state index in [1.165, 1.54) is 25.8 Å². The van der Waals surface area contributed by atoms with E-state index in [9.17, 15) is 0 Å². The van der Waals surface area contributed by atoms with Crippen LogP contribution in [0, 0.1) is 5.92 Å². The average Bonchev–Trinajstić information content (AvgIpc) is 2.67. The summed E-state index contributed by atoms with van der Waals surface area (Å²) in [6.45, 7) is 11.2. The molecule has 2 rings (SSSR count). The first kappa shape index (κ1) is 24.9. The Hall–Kier alpha value is -0.120. The first-order valence-corrected chi connectivity index (χ1v) is 10.6. The summed E-state index contributed by atoms with van der Waals surface area (Å²) in [5.41, 5.74) is 0. The molecular weight excluding hydrogens is 455 g/mol. The second kappa shape index (κ2) is 14.8. The van der Waals surface area contributed by atoms with Gasteiger partial charge in [0, 0.05) is 58.6 Å². The number of piperidine rings is 1. The predicted octanol–water partition coefficient (Wildman–Crippen LogP) is 2.87. The van der Waals surface area contributed by atoms with Crippen LogP contribution in [0.1, 0.15) is 52.4 Å². The standard InChI is InChI=1S/C20H40N4O2.HI/c1-17-7-4-5-11-24(17)18(2)15-23-20(21-3)22-10-6-12-26-16-19-8-13-25-14-9-19;/h17-19H,4-16H2,1-3H3,(H2,21,22,23);1H. The molecule has 6 nitrogen and oxygen atoms in total. The maximum Gasteiger partial charge on any atom is 0.191 e. The summed E-state index contributed by atoms with van der Waals surface area (Å²) in [5.74, 6) is 1.58. The van der Waals surface area contributed by atoms with Gasteiger partial charge in [0.1, 0.15) is 0 Å². The number of rotatable bonds is 9. The first-order chi connectivity index (χ1) is 12.7. The highest BCUT2D eigenvalue weighted by atomic mass is 127. The van der Waals surface area contributed by atoms with Crippen molar-refractivity contribution in [3.63, 3.8) is 0 Å². The Bertz CT molecular complexity index is 405. The van der Waals surface area contributed by atoms with Gasteiger partial charge in [-0.1, -0.05) is 6.42 Å². The summed E-state index contributed by atoms with van der Waals surface area (Å²) < 4.78 is 11.2. The molecule has 0 spiro atoms. The normalized spacial score (nSPS) is 23.5. The van der Waals surface area contributed by atoms with E-state index < -0.39 is 0 Å². The van der Waals surface area contributed by atoms with Crippen molar-refractivity contribution in [1.82, 2.24) is 15.5 Å². The van der Waals surface area contributed by atoms with Gasteiger partial charge in [-0.25, -0.2) is 0 Å². The van der Waals surface area contributed by atoms with Crippen LogP contribution < -0.4 is 10.6 Å². The Kier molecular flexibility index (Phi) is 13.7. The molecule has 0 aliphatic carbocycles. The van der Waals surface area contributed by atoms with Crippen LogP contribution in [0.4, 0.5) is 0 Å².